The average Bonchev–Trinajstić information content (AvgIpc) is 3.51. The second kappa shape index (κ2) is 11.6. The van der Waals surface area contributed by atoms with E-state index >= 15 is 0 Å². The van der Waals surface area contributed by atoms with E-state index in [1.807, 2.05) is 24.3 Å². The van der Waals surface area contributed by atoms with Crippen LogP contribution in [0.1, 0.15) is 42.5 Å². The Morgan fingerprint density at radius 2 is 1.81 bits per heavy atom. The molecule has 0 unspecified atom stereocenters. The van der Waals surface area contributed by atoms with Crippen LogP contribution in [-0.4, -0.2) is 61.3 Å². The normalized spacial score (nSPS) is 23.5. The van der Waals surface area contributed by atoms with Crippen molar-refractivity contribution in [2.75, 3.05) is 26.2 Å². The predicted octanol–water partition coefficient (Wildman–Crippen LogP) is 2.00. The average molecular weight is 530 g/mol. The molecule has 3 atom stereocenters. The number of urea groups is 1. The summed E-state index contributed by atoms with van der Waals surface area (Å²) in [5, 5.41) is 6.63. The first kappa shape index (κ1) is 27.0. The first-order chi connectivity index (χ1) is 17.4. The Kier molecular flexibility index (Phi) is 8.46. The van der Waals surface area contributed by atoms with Crippen molar-refractivity contribution in [1.82, 2.24) is 24.6 Å². The summed E-state index contributed by atoms with van der Waals surface area (Å²) in [7, 11) is -3.87. The summed E-state index contributed by atoms with van der Waals surface area (Å²) in [6.07, 6.45) is 10.5. The van der Waals surface area contributed by atoms with Gasteiger partial charge in [-0.15, -0.1) is 0 Å². The number of nitrogens with zero attached hydrogens (tertiary/aromatic N) is 2. The molecule has 1 saturated heterocycles. The number of para-hydroxylation sites is 1. The standard InChI is InChI=1S/C26H33N5O4S.H2O/c32-25(23-5-1-3-20-4-2-11-27-24(20)23)28-12-8-18-9-13-31(14-10-18)36(34,35)30-26(33)29-17-22-16-19-6-7-21(22)15-19;/h1-7,11,18-19,21-22H,8-10,12-17H2,(H,28,32)(H2,29,30,33);1H2/t19-,21-,22+;/m1./s1. The Morgan fingerprint density at radius 1 is 1.03 bits per heavy atom. The molecule has 0 radical (unpaired) electrons. The second-order valence-electron chi connectivity index (χ2n) is 10.1. The number of rotatable bonds is 8. The topological polar surface area (TPSA) is 152 Å². The molecule has 2 bridgehead atoms. The number of nitrogens with one attached hydrogen (secondary N) is 3. The minimum absolute atomic E-state index is 0. The molecule has 200 valence electrons. The van der Waals surface area contributed by atoms with E-state index in [9.17, 15) is 18.0 Å². The van der Waals surface area contributed by atoms with Crippen LogP contribution >= 0.6 is 0 Å². The lowest BCUT2D eigenvalue weighted by atomic mass is 9.94. The number of fused-ring (bicyclic) bond motifs is 3. The van der Waals surface area contributed by atoms with Gasteiger partial charge in [0.25, 0.3) is 5.91 Å². The molecule has 37 heavy (non-hydrogen) atoms. The van der Waals surface area contributed by atoms with Gasteiger partial charge in [-0.2, -0.15) is 12.7 Å². The van der Waals surface area contributed by atoms with Crippen LogP contribution < -0.4 is 15.4 Å². The van der Waals surface area contributed by atoms with Crippen molar-refractivity contribution in [3.63, 3.8) is 0 Å². The van der Waals surface area contributed by atoms with Crippen LogP contribution in [0.15, 0.2) is 48.7 Å². The van der Waals surface area contributed by atoms with Crippen molar-refractivity contribution < 1.29 is 23.5 Å². The lowest BCUT2D eigenvalue weighted by molar-refractivity contribution is 0.0951. The minimum atomic E-state index is -3.87. The van der Waals surface area contributed by atoms with Gasteiger partial charge in [0, 0.05) is 37.8 Å². The molecule has 10 nitrogen and oxygen atoms in total. The molecule has 1 aliphatic heterocycles. The number of benzene rings is 1. The van der Waals surface area contributed by atoms with Gasteiger partial charge < -0.3 is 16.1 Å². The number of carbonyl (C=O) groups is 2. The van der Waals surface area contributed by atoms with Gasteiger partial charge in [-0.25, -0.2) is 9.52 Å². The molecule has 3 aliphatic rings. The summed E-state index contributed by atoms with van der Waals surface area (Å²) >= 11 is 0. The van der Waals surface area contributed by atoms with Crippen molar-refractivity contribution in [1.29, 1.82) is 0 Å². The Hall–Kier alpha value is -3.02. The fourth-order valence-electron chi connectivity index (χ4n) is 5.78. The van der Waals surface area contributed by atoms with Gasteiger partial charge in [0.1, 0.15) is 0 Å². The number of pyridine rings is 1. The number of piperidine rings is 1. The lowest BCUT2D eigenvalue weighted by Gasteiger charge is -2.31. The van der Waals surface area contributed by atoms with Crippen molar-refractivity contribution in [3.8, 4) is 0 Å². The highest BCUT2D eigenvalue weighted by atomic mass is 32.2. The zero-order valence-corrected chi connectivity index (χ0v) is 21.5. The Bertz CT molecular complexity index is 1250. The maximum absolute atomic E-state index is 12.7. The maximum atomic E-state index is 12.7. The molecule has 1 saturated carbocycles. The van der Waals surface area contributed by atoms with E-state index in [1.165, 1.54) is 4.31 Å². The number of carbonyl (C=O) groups excluding carboxylic acids is 2. The SMILES string of the molecule is O.O=C(NC[C@@H]1C[C@@H]2C=C[C@@H]1C2)NS(=O)(=O)N1CCC(CCNC(=O)c2cccc3cccnc23)CC1. The van der Waals surface area contributed by atoms with Gasteiger partial charge in [0.05, 0.1) is 11.1 Å². The van der Waals surface area contributed by atoms with Crippen LogP contribution in [0.2, 0.25) is 0 Å². The molecule has 1 aromatic heterocycles. The summed E-state index contributed by atoms with van der Waals surface area (Å²) in [5.74, 6) is 1.65. The van der Waals surface area contributed by atoms with Crippen molar-refractivity contribution >= 4 is 33.1 Å². The van der Waals surface area contributed by atoms with Gasteiger partial charge in [0.2, 0.25) is 0 Å². The first-order valence-electron chi connectivity index (χ1n) is 12.7. The van der Waals surface area contributed by atoms with Crippen LogP contribution in [0.25, 0.3) is 10.9 Å². The third-order valence-corrected chi connectivity index (χ3v) is 9.28. The predicted molar refractivity (Wildman–Crippen MR) is 141 cm³/mol. The molecule has 11 heteroatoms. The van der Waals surface area contributed by atoms with Crippen LogP contribution in [0.3, 0.4) is 0 Å². The summed E-state index contributed by atoms with van der Waals surface area (Å²) in [6, 6.07) is 8.65. The van der Waals surface area contributed by atoms with Gasteiger partial charge >= 0.3 is 16.2 Å². The zero-order chi connectivity index (χ0) is 25.1. The summed E-state index contributed by atoms with van der Waals surface area (Å²) in [5.41, 5.74) is 1.23. The number of allylic oxidation sites excluding steroid dienone is 2. The maximum Gasteiger partial charge on any atom is 0.329 e. The second-order valence-corrected chi connectivity index (χ2v) is 11.8. The van der Waals surface area contributed by atoms with Gasteiger partial charge in [-0.05, 0) is 67.9 Å². The molecule has 2 aliphatic carbocycles. The van der Waals surface area contributed by atoms with E-state index in [0.717, 1.165) is 24.6 Å². The highest BCUT2D eigenvalue weighted by Crippen LogP contribution is 2.42. The highest BCUT2D eigenvalue weighted by molar-refractivity contribution is 7.87. The molecule has 3 amide bonds. The van der Waals surface area contributed by atoms with Gasteiger partial charge in [-0.1, -0.05) is 30.4 Å². The third kappa shape index (κ3) is 6.28. The zero-order valence-electron chi connectivity index (χ0n) is 20.7. The molecular formula is C26H35N5O5S. The van der Waals surface area contributed by atoms with Crippen molar-refractivity contribution in [2.24, 2.45) is 23.7 Å². The van der Waals surface area contributed by atoms with Crippen LogP contribution in [-0.2, 0) is 10.2 Å². The van der Waals surface area contributed by atoms with E-state index < -0.39 is 16.2 Å². The summed E-state index contributed by atoms with van der Waals surface area (Å²) in [4.78, 5) is 29.2. The molecule has 2 fully saturated rings. The molecular weight excluding hydrogens is 494 g/mol. The van der Waals surface area contributed by atoms with Crippen molar-refractivity contribution in [3.05, 3.63) is 54.2 Å². The molecule has 5 N–H and O–H groups in total. The Balaban J connectivity index is 0.00000320. The van der Waals surface area contributed by atoms with Crippen molar-refractivity contribution in [2.45, 2.75) is 32.1 Å². The van der Waals surface area contributed by atoms with E-state index in [0.29, 0.717) is 73.8 Å². The number of hydrogen-bond acceptors (Lipinski definition) is 5. The third-order valence-electron chi connectivity index (χ3n) is 7.79. The van der Waals surface area contributed by atoms with Crippen LogP contribution in [0.4, 0.5) is 4.79 Å². The Morgan fingerprint density at radius 3 is 2.54 bits per heavy atom. The van der Waals surface area contributed by atoms with E-state index in [1.54, 1.807) is 12.3 Å². The summed E-state index contributed by atoms with van der Waals surface area (Å²) in [6.45, 7) is 1.71. The quantitative estimate of drug-likeness (QED) is 0.447. The fourth-order valence-corrected chi connectivity index (χ4v) is 6.91. The van der Waals surface area contributed by atoms with E-state index in [4.69, 9.17) is 0 Å². The largest absolute Gasteiger partial charge is 0.412 e. The van der Waals surface area contributed by atoms with Gasteiger partial charge in [0.15, 0.2) is 0 Å². The number of amides is 3. The van der Waals surface area contributed by atoms with Gasteiger partial charge in [-0.3, -0.25) is 9.78 Å². The fraction of sp³-hybridized carbons (Fsp3) is 0.500. The molecule has 2 heterocycles. The molecule has 1 aromatic carbocycles. The smallest absolute Gasteiger partial charge is 0.329 e. The monoisotopic (exact) mass is 529 g/mol. The molecule has 2 aromatic rings. The van der Waals surface area contributed by atoms with Crippen LogP contribution in [0, 0.1) is 23.7 Å². The van der Waals surface area contributed by atoms with E-state index in [-0.39, 0.29) is 11.4 Å². The van der Waals surface area contributed by atoms with Crippen LogP contribution in [0.5, 0.6) is 0 Å². The molecule has 0 spiro atoms. The number of aromatic nitrogens is 1. The Labute approximate surface area is 217 Å². The molecule has 5 rings (SSSR count). The van der Waals surface area contributed by atoms with E-state index in [2.05, 4.69) is 32.5 Å². The lowest BCUT2D eigenvalue weighted by Crippen LogP contribution is -2.50. The summed E-state index contributed by atoms with van der Waals surface area (Å²) < 4.78 is 28.9. The first-order valence-corrected chi connectivity index (χ1v) is 14.2. The highest BCUT2D eigenvalue weighted by Gasteiger charge is 2.36. The number of hydrogen-bond donors (Lipinski definition) is 3. The minimum Gasteiger partial charge on any atom is -0.412 e.